The van der Waals surface area contributed by atoms with Crippen molar-refractivity contribution in [3.05, 3.63) is 0 Å². The number of carbonyl (C=O) groups is 1. The molecule has 1 heterocycles. The molecule has 1 saturated heterocycles. The Balaban J connectivity index is 1.49. The van der Waals surface area contributed by atoms with Gasteiger partial charge >= 0.3 is 0 Å². The molecule has 3 fully saturated rings. The zero-order chi connectivity index (χ0) is 16.4. The minimum absolute atomic E-state index is 0.0632. The van der Waals surface area contributed by atoms with E-state index in [4.69, 9.17) is 9.47 Å². The Morgan fingerprint density at radius 1 is 1.22 bits per heavy atom. The third-order valence-electron chi connectivity index (χ3n) is 6.15. The fraction of sp³-hybridized carbons (Fsp3) is 0.947. The van der Waals surface area contributed by atoms with Gasteiger partial charge in [0.15, 0.2) is 0 Å². The lowest BCUT2D eigenvalue weighted by Gasteiger charge is -2.31. The molecular weight excluding hydrogens is 290 g/mol. The zero-order valence-electron chi connectivity index (χ0n) is 14.9. The lowest BCUT2D eigenvalue weighted by molar-refractivity contribution is -0.139. The Hall–Kier alpha value is -0.610. The molecule has 132 valence electrons. The number of amides is 1. The number of hydrogen-bond donors (Lipinski definition) is 1. The van der Waals surface area contributed by atoms with E-state index in [9.17, 15) is 4.79 Å². The van der Waals surface area contributed by atoms with Crippen molar-refractivity contribution in [2.24, 2.45) is 23.7 Å². The Morgan fingerprint density at radius 2 is 2.04 bits per heavy atom. The predicted molar refractivity (Wildman–Crippen MR) is 90.1 cm³/mol. The van der Waals surface area contributed by atoms with Gasteiger partial charge in [0.25, 0.3) is 0 Å². The molecule has 4 nitrogen and oxygen atoms in total. The smallest absolute Gasteiger partial charge is 0.249 e. The first kappa shape index (κ1) is 17.2. The average Bonchev–Trinajstić information content (AvgIpc) is 3.24. The van der Waals surface area contributed by atoms with Gasteiger partial charge < -0.3 is 14.8 Å². The molecule has 0 aromatic carbocycles. The van der Waals surface area contributed by atoms with Crippen molar-refractivity contribution in [1.29, 1.82) is 0 Å². The first-order valence-corrected chi connectivity index (χ1v) is 9.58. The molecular formula is C19H33NO3. The van der Waals surface area contributed by atoms with Crippen molar-refractivity contribution in [2.75, 3.05) is 13.2 Å². The summed E-state index contributed by atoms with van der Waals surface area (Å²) >= 11 is 0. The van der Waals surface area contributed by atoms with E-state index >= 15 is 0 Å². The molecule has 6 unspecified atom stereocenters. The Morgan fingerprint density at radius 3 is 2.61 bits per heavy atom. The zero-order valence-corrected chi connectivity index (χ0v) is 14.9. The second-order valence-corrected chi connectivity index (χ2v) is 8.27. The molecule has 1 amide bonds. The molecule has 3 rings (SSSR count). The quantitative estimate of drug-likeness (QED) is 0.783. The molecule has 2 bridgehead atoms. The number of nitrogens with one attached hydrogen (secondary N) is 1. The Kier molecular flexibility index (Phi) is 5.63. The summed E-state index contributed by atoms with van der Waals surface area (Å²) in [4.78, 5) is 12.7. The fourth-order valence-electron chi connectivity index (χ4n) is 4.88. The summed E-state index contributed by atoms with van der Waals surface area (Å²) in [6.45, 7) is 7.66. The third kappa shape index (κ3) is 4.08. The van der Waals surface area contributed by atoms with Crippen LogP contribution in [0.4, 0.5) is 0 Å². The standard InChI is InChI=1S/C19H33NO3/c1-12(2)18(23-11-16-5-4-8-22-16)19(21)20-13(3)17-10-14-6-7-15(17)9-14/h12-18H,4-11H2,1-3H3,(H,20,21). The maximum absolute atomic E-state index is 12.7. The predicted octanol–water partition coefficient (Wildman–Crippen LogP) is 3.15. The maximum atomic E-state index is 12.7. The van der Waals surface area contributed by atoms with Crippen LogP contribution in [0.2, 0.25) is 0 Å². The topological polar surface area (TPSA) is 47.6 Å². The van der Waals surface area contributed by atoms with Crippen LogP contribution in [-0.4, -0.2) is 37.4 Å². The van der Waals surface area contributed by atoms with E-state index in [0.717, 1.165) is 31.3 Å². The van der Waals surface area contributed by atoms with Crippen LogP contribution in [-0.2, 0) is 14.3 Å². The van der Waals surface area contributed by atoms with Crippen LogP contribution < -0.4 is 5.32 Å². The Labute approximate surface area is 140 Å². The number of carbonyl (C=O) groups excluding carboxylic acids is 1. The number of fused-ring (bicyclic) bond motifs is 2. The van der Waals surface area contributed by atoms with Crippen molar-refractivity contribution < 1.29 is 14.3 Å². The number of rotatable bonds is 7. The lowest BCUT2D eigenvalue weighted by atomic mass is 9.84. The van der Waals surface area contributed by atoms with Crippen LogP contribution in [0.15, 0.2) is 0 Å². The van der Waals surface area contributed by atoms with Crippen LogP contribution >= 0.6 is 0 Å². The minimum Gasteiger partial charge on any atom is -0.376 e. The van der Waals surface area contributed by atoms with Gasteiger partial charge in [0.05, 0.1) is 12.7 Å². The molecule has 0 aromatic heterocycles. The van der Waals surface area contributed by atoms with Crippen LogP contribution in [0.1, 0.15) is 59.3 Å². The molecule has 3 aliphatic rings. The summed E-state index contributed by atoms with van der Waals surface area (Å²) in [5, 5.41) is 3.26. The van der Waals surface area contributed by atoms with E-state index in [0.29, 0.717) is 12.5 Å². The fourth-order valence-corrected chi connectivity index (χ4v) is 4.88. The first-order valence-electron chi connectivity index (χ1n) is 9.58. The molecule has 23 heavy (non-hydrogen) atoms. The minimum atomic E-state index is -0.361. The largest absolute Gasteiger partial charge is 0.376 e. The van der Waals surface area contributed by atoms with E-state index < -0.39 is 0 Å². The summed E-state index contributed by atoms with van der Waals surface area (Å²) in [5.74, 6) is 2.67. The number of ether oxygens (including phenoxy) is 2. The summed E-state index contributed by atoms with van der Waals surface area (Å²) in [5.41, 5.74) is 0. The maximum Gasteiger partial charge on any atom is 0.249 e. The van der Waals surface area contributed by atoms with E-state index in [-0.39, 0.29) is 30.1 Å². The molecule has 0 spiro atoms. The highest BCUT2D eigenvalue weighted by Gasteiger charge is 2.42. The van der Waals surface area contributed by atoms with Gasteiger partial charge in [-0.05, 0) is 62.7 Å². The van der Waals surface area contributed by atoms with Crippen LogP contribution in [0, 0.1) is 23.7 Å². The molecule has 2 saturated carbocycles. The normalized spacial score (nSPS) is 35.7. The lowest BCUT2D eigenvalue weighted by Crippen LogP contribution is -2.47. The SMILES string of the molecule is CC(C)C(OCC1CCCO1)C(=O)NC(C)C1CC2CCC1C2. The van der Waals surface area contributed by atoms with E-state index in [1.807, 2.05) is 0 Å². The van der Waals surface area contributed by atoms with Gasteiger partial charge in [0.1, 0.15) is 6.10 Å². The van der Waals surface area contributed by atoms with Crippen molar-refractivity contribution in [2.45, 2.75) is 77.5 Å². The second kappa shape index (κ2) is 7.52. The monoisotopic (exact) mass is 323 g/mol. The van der Waals surface area contributed by atoms with Gasteiger partial charge in [-0.3, -0.25) is 4.79 Å². The first-order chi connectivity index (χ1) is 11.0. The van der Waals surface area contributed by atoms with Crippen LogP contribution in [0.3, 0.4) is 0 Å². The van der Waals surface area contributed by atoms with Gasteiger partial charge in [-0.15, -0.1) is 0 Å². The molecule has 6 atom stereocenters. The molecule has 2 aliphatic carbocycles. The highest BCUT2D eigenvalue weighted by molar-refractivity contribution is 5.81. The van der Waals surface area contributed by atoms with Gasteiger partial charge in [-0.25, -0.2) is 0 Å². The molecule has 0 radical (unpaired) electrons. The molecule has 1 aliphatic heterocycles. The van der Waals surface area contributed by atoms with Crippen LogP contribution in [0.25, 0.3) is 0 Å². The number of hydrogen-bond acceptors (Lipinski definition) is 3. The second-order valence-electron chi connectivity index (χ2n) is 8.27. The van der Waals surface area contributed by atoms with Gasteiger partial charge in [0.2, 0.25) is 5.91 Å². The van der Waals surface area contributed by atoms with Gasteiger partial charge in [-0.2, -0.15) is 0 Å². The molecule has 0 aromatic rings. The Bertz CT molecular complexity index is 405. The van der Waals surface area contributed by atoms with Crippen LogP contribution in [0.5, 0.6) is 0 Å². The van der Waals surface area contributed by atoms with Gasteiger partial charge in [-0.1, -0.05) is 20.3 Å². The highest BCUT2D eigenvalue weighted by atomic mass is 16.5. The van der Waals surface area contributed by atoms with Crippen molar-refractivity contribution in [3.63, 3.8) is 0 Å². The summed E-state index contributed by atoms with van der Waals surface area (Å²) in [6, 6.07) is 0.269. The van der Waals surface area contributed by atoms with Gasteiger partial charge in [0, 0.05) is 12.6 Å². The summed E-state index contributed by atoms with van der Waals surface area (Å²) in [6.07, 6.45) is 7.41. The van der Waals surface area contributed by atoms with E-state index in [2.05, 4.69) is 26.1 Å². The molecule has 1 N–H and O–H groups in total. The molecule has 4 heteroatoms. The van der Waals surface area contributed by atoms with Crippen molar-refractivity contribution in [3.8, 4) is 0 Å². The third-order valence-corrected chi connectivity index (χ3v) is 6.15. The average molecular weight is 323 g/mol. The summed E-state index contributed by atoms with van der Waals surface area (Å²) < 4.78 is 11.5. The highest BCUT2D eigenvalue weighted by Crippen LogP contribution is 2.49. The van der Waals surface area contributed by atoms with E-state index in [1.165, 1.54) is 25.7 Å². The van der Waals surface area contributed by atoms with E-state index in [1.54, 1.807) is 0 Å². The summed E-state index contributed by atoms with van der Waals surface area (Å²) in [7, 11) is 0. The van der Waals surface area contributed by atoms with Crippen molar-refractivity contribution >= 4 is 5.91 Å². The van der Waals surface area contributed by atoms with Crippen molar-refractivity contribution in [1.82, 2.24) is 5.32 Å².